The molecular formula is C21H22ClNO2S. The highest BCUT2D eigenvalue weighted by atomic mass is 35.5. The number of aryl methyl sites for hydroxylation is 1. The molecule has 0 atom stereocenters. The van der Waals surface area contributed by atoms with Crippen molar-refractivity contribution in [2.45, 2.75) is 43.8 Å². The minimum atomic E-state index is -0.918. The van der Waals surface area contributed by atoms with Gasteiger partial charge in [-0.05, 0) is 48.4 Å². The van der Waals surface area contributed by atoms with Crippen LogP contribution in [0.15, 0.2) is 41.3 Å². The Kier molecular flexibility index (Phi) is 5.09. The fourth-order valence-electron chi connectivity index (χ4n) is 3.02. The summed E-state index contributed by atoms with van der Waals surface area (Å²) in [5.41, 5.74) is 4.39. The van der Waals surface area contributed by atoms with Crippen LogP contribution in [0.2, 0.25) is 5.02 Å². The first-order valence-electron chi connectivity index (χ1n) is 8.46. The van der Waals surface area contributed by atoms with Crippen LogP contribution in [0.4, 0.5) is 0 Å². The standard InChI is InChI=1S/C21H22ClNO2S/c1-12-16(17-10-14(20(24)25)6-8-19(17)23-12)9-13-5-7-15(11-18(13)22)26-21(2,3)4/h5-8,10-11,23H,9H2,1-4H3,(H,24,25). The monoisotopic (exact) mass is 387 g/mol. The molecule has 5 heteroatoms. The molecule has 0 unspecified atom stereocenters. The SMILES string of the molecule is Cc1[nH]c2ccc(C(=O)O)cc2c1Cc1ccc(SC(C)(C)C)cc1Cl. The highest BCUT2D eigenvalue weighted by Gasteiger charge is 2.16. The topological polar surface area (TPSA) is 53.1 Å². The molecule has 0 fully saturated rings. The molecule has 2 N–H and O–H groups in total. The summed E-state index contributed by atoms with van der Waals surface area (Å²) < 4.78 is 0.130. The lowest BCUT2D eigenvalue weighted by molar-refractivity contribution is 0.0697. The van der Waals surface area contributed by atoms with Gasteiger partial charge < -0.3 is 10.1 Å². The fourth-order valence-corrected chi connectivity index (χ4v) is 4.35. The van der Waals surface area contributed by atoms with Gasteiger partial charge in [0, 0.05) is 37.7 Å². The van der Waals surface area contributed by atoms with Crippen LogP contribution in [-0.4, -0.2) is 20.8 Å². The van der Waals surface area contributed by atoms with E-state index in [0.717, 1.165) is 37.6 Å². The number of fused-ring (bicyclic) bond motifs is 1. The molecule has 0 amide bonds. The van der Waals surface area contributed by atoms with Crippen LogP contribution in [0.25, 0.3) is 10.9 Å². The van der Waals surface area contributed by atoms with Crippen molar-refractivity contribution in [2.75, 3.05) is 0 Å². The van der Waals surface area contributed by atoms with Gasteiger partial charge in [0.05, 0.1) is 5.56 Å². The summed E-state index contributed by atoms with van der Waals surface area (Å²) in [4.78, 5) is 15.8. The molecule has 0 saturated heterocycles. The molecule has 26 heavy (non-hydrogen) atoms. The van der Waals surface area contributed by atoms with Crippen molar-refractivity contribution in [1.82, 2.24) is 4.98 Å². The van der Waals surface area contributed by atoms with Crippen molar-refractivity contribution in [2.24, 2.45) is 0 Å². The average Bonchev–Trinajstić information content (AvgIpc) is 2.83. The molecule has 2 aromatic carbocycles. The summed E-state index contributed by atoms with van der Waals surface area (Å²) in [6, 6.07) is 11.4. The molecule has 0 saturated carbocycles. The Labute approximate surface area is 162 Å². The van der Waals surface area contributed by atoms with Crippen LogP contribution < -0.4 is 0 Å². The highest BCUT2D eigenvalue weighted by Crippen LogP contribution is 2.35. The van der Waals surface area contributed by atoms with Crippen LogP contribution in [0.1, 0.15) is 48.0 Å². The van der Waals surface area contributed by atoms with E-state index >= 15 is 0 Å². The van der Waals surface area contributed by atoms with Gasteiger partial charge in [0.25, 0.3) is 0 Å². The van der Waals surface area contributed by atoms with Gasteiger partial charge in [-0.15, -0.1) is 11.8 Å². The Balaban J connectivity index is 1.97. The van der Waals surface area contributed by atoms with Crippen molar-refractivity contribution in [3.05, 3.63) is 63.8 Å². The number of thioether (sulfide) groups is 1. The molecular weight excluding hydrogens is 366 g/mol. The Morgan fingerprint density at radius 1 is 1.19 bits per heavy atom. The number of aromatic amines is 1. The first-order chi connectivity index (χ1) is 12.1. The average molecular weight is 388 g/mol. The number of halogens is 1. The maximum Gasteiger partial charge on any atom is 0.335 e. The van der Waals surface area contributed by atoms with Crippen molar-refractivity contribution in [3.63, 3.8) is 0 Å². The van der Waals surface area contributed by atoms with Gasteiger partial charge in [-0.3, -0.25) is 0 Å². The highest BCUT2D eigenvalue weighted by molar-refractivity contribution is 8.00. The van der Waals surface area contributed by atoms with Crippen molar-refractivity contribution < 1.29 is 9.90 Å². The Morgan fingerprint density at radius 2 is 1.92 bits per heavy atom. The molecule has 3 aromatic rings. The summed E-state index contributed by atoms with van der Waals surface area (Å²) in [5, 5.41) is 10.9. The van der Waals surface area contributed by atoms with E-state index in [1.807, 2.05) is 19.1 Å². The predicted molar refractivity (Wildman–Crippen MR) is 110 cm³/mol. The van der Waals surface area contributed by atoms with E-state index in [1.54, 1.807) is 23.9 Å². The maximum atomic E-state index is 11.3. The smallest absolute Gasteiger partial charge is 0.335 e. The number of benzene rings is 2. The number of aromatic carboxylic acids is 1. The normalized spacial score (nSPS) is 11.9. The molecule has 1 heterocycles. The molecule has 136 valence electrons. The third-order valence-corrected chi connectivity index (χ3v) is 5.64. The first kappa shape index (κ1) is 18.9. The third-order valence-electron chi connectivity index (χ3n) is 4.18. The zero-order valence-electron chi connectivity index (χ0n) is 15.3. The maximum absolute atomic E-state index is 11.3. The number of H-pyrrole nitrogens is 1. The first-order valence-corrected chi connectivity index (χ1v) is 9.65. The molecule has 3 rings (SSSR count). The van der Waals surface area contributed by atoms with Crippen LogP contribution in [-0.2, 0) is 6.42 Å². The van der Waals surface area contributed by atoms with Gasteiger partial charge in [0.15, 0.2) is 0 Å². The summed E-state index contributed by atoms with van der Waals surface area (Å²) in [7, 11) is 0. The van der Waals surface area contributed by atoms with E-state index in [1.165, 1.54) is 0 Å². The second-order valence-corrected chi connectivity index (χ2v) is 9.75. The van der Waals surface area contributed by atoms with E-state index in [0.29, 0.717) is 12.0 Å². The summed E-state index contributed by atoms with van der Waals surface area (Å²) >= 11 is 8.33. The van der Waals surface area contributed by atoms with E-state index in [2.05, 4.69) is 37.9 Å². The molecule has 0 aliphatic rings. The molecule has 3 nitrogen and oxygen atoms in total. The zero-order valence-corrected chi connectivity index (χ0v) is 16.9. The Morgan fingerprint density at radius 3 is 2.54 bits per heavy atom. The molecule has 0 aliphatic carbocycles. The molecule has 0 aliphatic heterocycles. The van der Waals surface area contributed by atoms with Crippen molar-refractivity contribution >= 4 is 40.2 Å². The van der Waals surface area contributed by atoms with Crippen molar-refractivity contribution in [3.8, 4) is 0 Å². The van der Waals surface area contributed by atoms with Crippen LogP contribution >= 0.6 is 23.4 Å². The number of hydrogen-bond acceptors (Lipinski definition) is 2. The van der Waals surface area contributed by atoms with Gasteiger partial charge in [-0.1, -0.05) is 38.4 Å². The van der Waals surface area contributed by atoms with Gasteiger partial charge in [0.1, 0.15) is 0 Å². The van der Waals surface area contributed by atoms with Gasteiger partial charge in [-0.25, -0.2) is 4.79 Å². The van der Waals surface area contributed by atoms with E-state index in [-0.39, 0.29) is 4.75 Å². The zero-order chi connectivity index (χ0) is 19.1. The minimum absolute atomic E-state index is 0.130. The van der Waals surface area contributed by atoms with Crippen LogP contribution in [0, 0.1) is 6.92 Å². The molecule has 0 bridgehead atoms. The minimum Gasteiger partial charge on any atom is -0.478 e. The number of hydrogen-bond donors (Lipinski definition) is 2. The number of carbonyl (C=O) groups is 1. The number of carboxylic acids is 1. The number of aromatic nitrogens is 1. The largest absolute Gasteiger partial charge is 0.478 e. The van der Waals surface area contributed by atoms with Crippen molar-refractivity contribution in [1.29, 1.82) is 0 Å². The van der Waals surface area contributed by atoms with E-state index in [9.17, 15) is 9.90 Å². The summed E-state index contributed by atoms with van der Waals surface area (Å²) in [6.45, 7) is 8.53. The number of nitrogens with one attached hydrogen (secondary N) is 1. The van der Waals surface area contributed by atoms with E-state index < -0.39 is 5.97 Å². The summed E-state index contributed by atoms with van der Waals surface area (Å²) in [5.74, 6) is -0.918. The lowest BCUT2D eigenvalue weighted by Gasteiger charge is -2.18. The lowest BCUT2D eigenvalue weighted by atomic mass is 10.0. The Hall–Kier alpha value is -1.91. The van der Waals surface area contributed by atoms with Gasteiger partial charge in [-0.2, -0.15) is 0 Å². The molecule has 1 aromatic heterocycles. The van der Waals surface area contributed by atoms with Crippen LogP contribution in [0.3, 0.4) is 0 Å². The second-order valence-electron chi connectivity index (χ2n) is 7.44. The lowest BCUT2D eigenvalue weighted by Crippen LogP contribution is -2.06. The molecule has 0 radical (unpaired) electrons. The van der Waals surface area contributed by atoms with Gasteiger partial charge in [0.2, 0.25) is 0 Å². The third kappa shape index (κ3) is 4.08. The summed E-state index contributed by atoms with van der Waals surface area (Å²) in [6.07, 6.45) is 0.661. The van der Waals surface area contributed by atoms with E-state index in [4.69, 9.17) is 11.6 Å². The molecule has 0 spiro atoms. The quantitative estimate of drug-likeness (QED) is 0.516. The number of rotatable bonds is 4. The Bertz CT molecular complexity index is 986. The predicted octanol–water partition coefficient (Wildman–Crippen LogP) is 6.31. The second kappa shape index (κ2) is 7.01. The fraction of sp³-hybridized carbons (Fsp3) is 0.286. The van der Waals surface area contributed by atoms with Crippen LogP contribution in [0.5, 0.6) is 0 Å². The number of carboxylic acid groups (broad SMARTS) is 1. The van der Waals surface area contributed by atoms with Gasteiger partial charge >= 0.3 is 5.97 Å².